The van der Waals surface area contributed by atoms with E-state index >= 15 is 0 Å². The minimum absolute atomic E-state index is 0.234. The summed E-state index contributed by atoms with van der Waals surface area (Å²) in [6, 6.07) is 3.06. The fraction of sp³-hybridized carbons (Fsp3) is 0.571. The van der Waals surface area contributed by atoms with Gasteiger partial charge in [-0.1, -0.05) is 0 Å². The van der Waals surface area contributed by atoms with Crippen molar-refractivity contribution < 1.29 is 18.3 Å². The van der Waals surface area contributed by atoms with Crippen molar-refractivity contribution in [3.05, 3.63) is 18.3 Å². The molecule has 0 bridgehead atoms. The molecule has 1 atom stereocenters. The molecule has 0 aliphatic carbocycles. The molecule has 0 saturated carbocycles. The Morgan fingerprint density at radius 3 is 2.64 bits per heavy atom. The zero-order valence-electron chi connectivity index (χ0n) is 12.2. The topological polar surface area (TPSA) is 90.8 Å². The van der Waals surface area contributed by atoms with Gasteiger partial charge in [0.15, 0.2) is 0 Å². The van der Waals surface area contributed by atoms with Crippen LogP contribution < -0.4 is 4.90 Å². The average molecular weight is 325 g/mol. The highest BCUT2D eigenvalue weighted by atomic mass is 32.2. The highest BCUT2D eigenvalue weighted by Crippen LogP contribution is 2.26. The lowest BCUT2D eigenvalue weighted by atomic mass is 10.1. The molecule has 1 N–H and O–H groups in total. The van der Waals surface area contributed by atoms with Crippen molar-refractivity contribution in [3.63, 3.8) is 0 Å². The largest absolute Gasteiger partial charge is 0.481 e. The minimum Gasteiger partial charge on any atom is -0.481 e. The Hall–Kier alpha value is -1.67. The average Bonchev–Trinajstić information content (AvgIpc) is 3.19. The van der Waals surface area contributed by atoms with Crippen LogP contribution in [-0.2, 0) is 14.8 Å². The Morgan fingerprint density at radius 2 is 2.00 bits per heavy atom. The van der Waals surface area contributed by atoms with E-state index in [1.807, 2.05) is 4.90 Å². The van der Waals surface area contributed by atoms with Crippen molar-refractivity contribution in [2.75, 3.05) is 31.1 Å². The Morgan fingerprint density at radius 1 is 1.27 bits per heavy atom. The second kappa shape index (κ2) is 5.85. The second-order valence-electron chi connectivity index (χ2n) is 5.73. The van der Waals surface area contributed by atoms with E-state index < -0.39 is 21.9 Å². The van der Waals surface area contributed by atoms with Gasteiger partial charge in [0, 0.05) is 38.4 Å². The Bertz CT molecular complexity index is 670. The molecular formula is C14H19N3O4S. The van der Waals surface area contributed by atoms with Gasteiger partial charge in [0.2, 0.25) is 10.0 Å². The summed E-state index contributed by atoms with van der Waals surface area (Å²) < 4.78 is 26.6. The lowest BCUT2D eigenvalue weighted by molar-refractivity contribution is -0.140. The maximum absolute atomic E-state index is 12.6. The van der Waals surface area contributed by atoms with Crippen LogP contribution in [0.4, 0.5) is 5.82 Å². The van der Waals surface area contributed by atoms with Gasteiger partial charge >= 0.3 is 5.97 Å². The molecule has 2 saturated heterocycles. The Labute approximate surface area is 129 Å². The minimum atomic E-state index is -3.47. The molecule has 120 valence electrons. The molecule has 0 aromatic carbocycles. The number of hydrogen-bond acceptors (Lipinski definition) is 5. The first-order valence-electron chi connectivity index (χ1n) is 7.42. The van der Waals surface area contributed by atoms with Gasteiger partial charge in [-0.3, -0.25) is 4.79 Å². The second-order valence-corrected chi connectivity index (χ2v) is 7.67. The Balaban J connectivity index is 1.83. The maximum atomic E-state index is 12.6. The highest BCUT2D eigenvalue weighted by molar-refractivity contribution is 7.89. The molecule has 1 aromatic heterocycles. The molecule has 0 radical (unpaired) electrons. The van der Waals surface area contributed by atoms with E-state index in [1.54, 1.807) is 6.07 Å². The number of nitrogens with zero attached hydrogens (tertiary/aromatic N) is 3. The molecular weight excluding hydrogens is 306 g/mol. The standard InChI is InChI=1S/C14H19N3O4S/c18-14(19)11-4-8-16(10-11)13-9-12(3-5-15-13)22(20,21)17-6-1-2-7-17/h3,5,9,11H,1-2,4,6-8,10H2,(H,18,19)/t11-/m0/s1. The number of carbonyl (C=O) groups is 1. The summed E-state index contributed by atoms with van der Waals surface area (Å²) in [7, 11) is -3.47. The Kier molecular flexibility index (Phi) is 4.05. The van der Waals surface area contributed by atoms with Crippen molar-refractivity contribution in [1.29, 1.82) is 0 Å². The van der Waals surface area contributed by atoms with Gasteiger partial charge in [0.1, 0.15) is 5.82 Å². The number of aromatic nitrogens is 1. The first-order valence-corrected chi connectivity index (χ1v) is 8.86. The van der Waals surface area contributed by atoms with E-state index in [4.69, 9.17) is 5.11 Å². The van der Waals surface area contributed by atoms with Crippen LogP contribution in [0.1, 0.15) is 19.3 Å². The molecule has 8 heteroatoms. The first-order chi connectivity index (χ1) is 10.5. The third kappa shape index (κ3) is 2.80. The van der Waals surface area contributed by atoms with E-state index in [0.717, 1.165) is 12.8 Å². The van der Waals surface area contributed by atoms with Gasteiger partial charge in [0.05, 0.1) is 10.8 Å². The SMILES string of the molecule is O=C(O)[C@H]1CCN(c2cc(S(=O)(=O)N3CCCC3)ccn2)C1. The number of carboxylic acids is 1. The quantitative estimate of drug-likeness (QED) is 0.879. The van der Waals surface area contributed by atoms with Crippen LogP contribution in [-0.4, -0.2) is 55.0 Å². The molecule has 2 fully saturated rings. The molecule has 2 aliphatic rings. The lowest BCUT2D eigenvalue weighted by Gasteiger charge is -2.19. The number of rotatable bonds is 4. The predicted molar refractivity (Wildman–Crippen MR) is 80.2 cm³/mol. The summed E-state index contributed by atoms with van der Waals surface area (Å²) in [5.41, 5.74) is 0. The maximum Gasteiger partial charge on any atom is 0.308 e. The number of hydrogen-bond donors (Lipinski definition) is 1. The van der Waals surface area contributed by atoms with Crippen molar-refractivity contribution in [2.45, 2.75) is 24.2 Å². The van der Waals surface area contributed by atoms with E-state index in [1.165, 1.54) is 16.6 Å². The number of pyridine rings is 1. The monoisotopic (exact) mass is 325 g/mol. The van der Waals surface area contributed by atoms with Gasteiger partial charge < -0.3 is 10.0 Å². The van der Waals surface area contributed by atoms with Gasteiger partial charge in [-0.05, 0) is 25.3 Å². The molecule has 7 nitrogen and oxygen atoms in total. The fourth-order valence-electron chi connectivity index (χ4n) is 2.98. The van der Waals surface area contributed by atoms with Crippen LogP contribution in [0.2, 0.25) is 0 Å². The molecule has 3 rings (SSSR count). The zero-order chi connectivity index (χ0) is 15.7. The van der Waals surface area contributed by atoms with Crippen LogP contribution in [0.5, 0.6) is 0 Å². The third-order valence-electron chi connectivity index (χ3n) is 4.28. The van der Waals surface area contributed by atoms with Crippen LogP contribution >= 0.6 is 0 Å². The molecule has 3 heterocycles. The summed E-state index contributed by atoms with van der Waals surface area (Å²) in [5, 5.41) is 9.06. The smallest absolute Gasteiger partial charge is 0.308 e. The van der Waals surface area contributed by atoms with Gasteiger partial charge in [-0.25, -0.2) is 13.4 Å². The van der Waals surface area contributed by atoms with E-state index in [2.05, 4.69) is 4.98 Å². The van der Waals surface area contributed by atoms with Crippen LogP contribution in [0.15, 0.2) is 23.2 Å². The number of anilines is 1. The number of carboxylic acid groups (broad SMARTS) is 1. The summed E-state index contributed by atoms with van der Waals surface area (Å²) in [4.78, 5) is 17.3. The first kappa shape index (κ1) is 15.2. The molecule has 0 spiro atoms. The summed E-state index contributed by atoms with van der Waals surface area (Å²) >= 11 is 0. The van der Waals surface area contributed by atoms with Crippen LogP contribution in [0, 0.1) is 5.92 Å². The van der Waals surface area contributed by atoms with Crippen molar-refractivity contribution >= 4 is 21.8 Å². The van der Waals surface area contributed by atoms with Gasteiger partial charge in [0.25, 0.3) is 0 Å². The summed E-state index contributed by atoms with van der Waals surface area (Å²) in [5.74, 6) is -0.701. The van der Waals surface area contributed by atoms with E-state index in [-0.39, 0.29) is 4.90 Å². The molecule has 0 amide bonds. The van der Waals surface area contributed by atoms with Gasteiger partial charge in [-0.2, -0.15) is 4.31 Å². The highest BCUT2D eigenvalue weighted by Gasteiger charge is 2.31. The van der Waals surface area contributed by atoms with E-state index in [0.29, 0.717) is 38.4 Å². The normalized spacial score (nSPS) is 23.1. The number of sulfonamides is 1. The fourth-order valence-corrected chi connectivity index (χ4v) is 4.50. The molecule has 0 unspecified atom stereocenters. The van der Waals surface area contributed by atoms with Crippen molar-refractivity contribution in [3.8, 4) is 0 Å². The van der Waals surface area contributed by atoms with Gasteiger partial charge in [-0.15, -0.1) is 0 Å². The summed E-state index contributed by atoms with van der Waals surface area (Å²) in [6.07, 6.45) is 3.82. The molecule has 1 aromatic rings. The van der Waals surface area contributed by atoms with E-state index in [9.17, 15) is 13.2 Å². The van der Waals surface area contributed by atoms with Crippen molar-refractivity contribution in [1.82, 2.24) is 9.29 Å². The van der Waals surface area contributed by atoms with Crippen molar-refractivity contribution in [2.24, 2.45) is 5.92 Å². The summed E-state index contributed by atoms with van der Waals surface area (Å²) in [6.45, 7) is 2.07. The lowest BCUT2D eigenvalue weighted by Crippen LogP contribution is -2.28. The molecule has 22 heavy (non-hydrogen) atoms. The third-order valence-corrected chi connectivity index (χ3v) is 6.18. The zero-order valence-corrected chi connectivity index (χ0v) is 13.0. The predicted octanol–water partition coefficient (Wildman–Crippen LogP) is 0.777. The number of aliphatic carboxylic acids is 1. The van der Waals surface area contributed by atoms with Crippen LogP contribution in [0.3, 0.4) is 0 Å². The van der Waals surface area contributed by atoms with Crippen LogP contribution in [0.25, 0.3) is 0 Å². The molecule has 2 aliphatic heterocycles.